The van der Waals surface area contributed by atoms with Crippen molar-refractivity contribution in [3.63, 3.8) is 0 Å². The smallest absolute Gasteiger partial charge is 0.266 e. The van der Waals surface area contributed by atoms with E-state index in [-0.39, 0.29) is 10.9 Å². The summed E-state index contributed by atoms with van der Waals surface area (Å²) in [6, 6.07) is 7.19. The molecule has 0 radical (unpaired) electrons. The van der Waals surface area contributed by atoms with Crippen molar-refractivity contribution in [1.29, 1.82) is 0 Å². The number of thioether (sulfide) groups is 1. The van der Waals surface area contributed by atoms with E-state index in [1.54, 1.807) is 24.3 Å². The first-order valence-corrected chi connectivity index (χ1v) is 9.68. The molecule has 0 atom stereocenters. The van der Waals surface area contributed by atoms with Crippen molar-refractivity contribution < 1.29 is 22.5 Å². The third-order valence-corrected chi connectivity index (χ3v) is 5.08. The molecule has 0 saturated carbocycles. The van der Waals surface area contributed by atoms with Gasteiger partial charge in [-0.15, -0.1) is 0 Å². The lowest BCUT2D eigenvalue weighted by Crippen LogP contribution is -2.32. The summed E-state index contributed by atoms with van der Waals surface area (Å²) in [5.74, 6) is -0.362. The van der Waals surface area contributed by atoms with E-state index in [9.17, 15) is 13.2 Å². The second kappa shape index (κ2) is 7.93. The molecule has 0 unspecified atom stereocenters. The molecule has 9 heteroatoms. The first-order chi connectivity index (χ1) is 11.3. The summed E-state index contributed by atoms with van der Waals surface area (Å²) in [5.41, 5.74) is 0.703. The van der Waals surface area contributed by atoms with E-state index in [1.165, 1.54) is 0 Å². The molecule has 1 aliphatic heterocycles. The Labute approximate surface area is 149 Å². The number of rotatable bonds is 7. The predicted molar refractivity (Wildman–Crippen MR) is 98.4 cm³/mol. The van der Waals surface area contributed by atoms with Crippen LogP contribution < -0.4 is 4.74 Å². The van der Waals surface area contributed by atoms with Gasteiger partial charge in [0.15, 0.2) is 0 Å². The van der Waals surface area contributed by atoms with Crippen LogP contribution in [0.5, 0.6) is 5.75 Å². The lowest BCUT2D eigenvalue weighted by Gasteiger charge is -2.12. The Bertz CT molecular complexity index is 801. The van der Waals surface area contributed by atoms with E-state index in [2.05, 4.69) is 6.58 Å². The van der Waals surface area contributed by atoms with Crippen LogP contribution in [0.25, 0.3) is 6.08 Å². The van der Waals surface area contributed by atoms with Crippen LogP contribution in [0.15, 0.2) is 41.8 Å². The Kier molecular flexibility index (Phi) is 6.16. The summed E-state index contributed by atoms with van der Waals surface area (Å²) in [5, 5.41) is 0. The van der Waals surface area contributed by atoms with Crippen LogP contribution in [0.3, 0.4) is 0 Å². The average Bonchev–Trinajstić information content (AvgIpc) is 2.78. The number of nitrogens with zero attached hydrogens (tertiary/aromatic N) is 1. The van der Waals surface area contributed by atoms with Crippen molar-refractivity contribution in [2.75, 3.05) is 18.9 Å². The fourth-order valence-electron chi connectivity index (χ4n) is 1.92. The van der Waals surface area contributed by atoms with Crippen molar-refractivity contribution in [3.8, 4) is 5.75 Å². The number of hydrogen-bond donors (Lipinski definition) is 1. The zero-order chi connectivity index (χ0) is 17.7. The first kappa shape index (κ1) is 18.7. The lowest BCUT2D eigenvalue weighted by molar-refractivity contribution is -0.121. The van der Waals surface area contributed by atoms with Gasteiger partial charge in [0.2, 0.25) is 0 Å². The van der Waals surface area contributed by atoms with Crippen molar-refractivity contribution in [1.82, 2.24) is 4.90 Å². The molecule has 0 spiro atoms. The maximum atomic E-state index is 12.4. The molecule has 1 heterocycles. The normalized spacial score (nSPS) is 16.7. The maximum Gasteiger partial charge on any atom is 0.266 e. The van der Waals surface area contributed by atoms with Gasteiger partial charge in [0.1, 0.15) is 16.7 Å². The average molecular weight is 385 g/mol. The maximum absolute atomic E-state index is 12.4. The highest BCUT2D eigenvalue weighted by molar-refractivity contribution is 8.26. The first-order valence-electron chi connectivity index (χ1n) is 6.85. The Morgan fingerprint density at radius 3 is 2.75 bits per heavy atom. The summed E-state index contributed by atoms with van der Waals surface area (Å²) >= 11 is 6.18. The third-order valence-electron chi connectivity index (χ3n) is 3.01. The fraction of sp³-hybridized carbons (Fsp3) is 0.200. The van der Waals surface area contributed by atoms with Gasteiger partial charge in [-0.1, -0.05) is 54.8 Å². The van der Waals surface area contributed by atoms with Crippen LogP contribution in [-0.2, 0) is 14.9 Å². The largest absolute Gasteiger partial charge is 0.489 e. The van der Waals surface area contributed by atoms with Crippen molar-refractivity contribution >= 4 is 50.4 Å². The van der Waals surface area contributed by atoms with Crippen LogP contribution in [0.1, 0.15) is 5.56 Å². The second-order valence-corrected chi connectivity index (χ2v) is 8.00. The molecule has 6 nitrogen and oxygen atoms in total. The van der Waals surface area contributed by atoms with Crippen molar-refractivity contribution in [2.24, 2.45) is 0 Å². The van der Waals surface area contributed by atoms with E-state index < -0.39 is 21.8 Å². The molecule has 24 heavy (non-hydrogen) atoms. The highest BCUT2D eigenvalue weighted by atomic mass is 32.2. The molecule has 0 aliphatic carbocycles. The quantitative estimate of drug-likeness (QED) is 0.334. The molecule has 1 aromatic rings. The minimum Gasteiger partial charge on any atom is -0.489 e. The molecular weight excluding hydrogens is 370 g/mol. The van der Waals surface area contributed by atoms with Crippen LogP contribution in [-0.4, -0.2) is 47.0 Å². The minimum atomic E-state index is -4.16. The number of thiocarbonyl (C=S) groups is 1. The Hall–Kier alpha value is -1.68. The Morgan fingerprint density at radius 2 is 2.08 bits per heavy atom. The Morgan fingerprint density at radius 1 is 1.38 bits per heavy atom. The zero-order valence-corrected chi connectivity index (χ0v) is 15.0. The van der Waals surface area contributed by atoms with E-state index in [4.69, 9.17) is 21.5 Å². The fourth-order valence-corrected chi connectivity index (χ4v) is 3.63. The molecule has 128 valence electrons. The monoisotopic (exact) mass is 385 g/mol. The summed E-state index contributed by atoms with van der Waals surface area (Å²) in [6.45, 7) is 3.74. The summed E-state index contributed by atoms with van der Waals surface area (Å²) in [6.07, 6.45) is 3.26. The summed E-state index contributed by atoms with van der Waals surface area (Å²) in [7, 11) is -4.16. The van der Waals surface area contributed by atoms with Gasteiger partial charge in [0.05, 0.1) is 10.7 Å². The van der Waals surface area contributed by atoms with Gasteiger partial charge < -0.3 is 4.74 Å². The molecule has 1 aliphatic rings. The van der Waals surface area contributed by atoms with E-state index in [0.717, 1.165) is 16.7 Å². The highest BCUT2D eigenvalue weighted by Gasteiger charge is 2.32. The zero-order valence-electron chi connectivity index (χ0n) is 12.5. The third kappa shape index (κ3) is 4.91. The van der Waals surface area contributed by atoms with Crippen molar-refractivity contribution in [2.45, 2.75) is 0 Å². The van der Waals surface area contributed by atoms with Crippen LogP contribution in [0, 0.1) is 0 Å². The molecule has 0 bridgehead atoms. The molecule has 1 aromatic carbocycles. The number of benzene rings is 1. The van der Waals surface area contributed by atoms with Gasteiger partial charge in [-0.05, 0) is 12.1 Å². The van der Waals surface area contributed by atoms with Gasteiger partial charge >= 0.3 is 0 Å². The summed E-state index contributed by atoms with van der Waals surface area (Å²) < 4.78 is 36.3. The van der Waals surface area contributed by atoms with Crippen molar-refractivity contribution in [3.05, 3.63) is 47.4 Å². The molecule has 1 saturated heterocycles. The van der Waals surface area contributed by atoms with Gasteiger partial charge in [-0.25, -0.2) is 0 Å². The van der Waals surface area contributed by atoms with Crippen LogP contribution in [0.4, 0.5) is 0 Å². The predicted octanol–water partition coefficient (Wildman–Crippen LogP) is 2.34. The minimum absolute atomic E-state index is 0.185. The lowest BCUT2D eigenvalue weighted by atomic mass is 10.2. The van der Waals surface area contributed by atoms with Gasteiger partial charge in [0.25, 0.3) is 16.0 Å². The van der Waals surface area contributed by atoms with E-state index in [1.807, 2.05) is 12.1 Å². The Balaban J connectivity index is 2.21. The molecular formula is C15H15NO5S3. The number of carbonyl (C=O) groups is 1. The molecule has 0 aromatic heterocycles. The van der Waals surface area contributed by atoms with Crippen LogP contribution in [0.2, 0.25) is 0 Å². The topological polar surface area (TPSA) is 83.9 Å². The molecule has 2 rings (SSSR count). The van der Waals surface area contributed by atoms with Gasteiger partial charge in [-0.3, -0.25) is 14.2 Å². The van der Waals surface area contributed by atoms with Gasteiger partial charge in [0, 0.05) is 12.1 Å². The number of hydrogen-bond acceptors (Lipinski definition) is 6. The molecule has 1 fully saturated rings. The highest BCUT2D eigenvalue weighted by Crippen LogP contribution is 2.34. The number of amides is 1. The van der Waals surface area contributed by atoms with E-state index in [0.29, 0.717) is 22.8 Å². The number of carbonyl (C=O) groups excluding carboxylic acids is 1. The SMILES string of the molecule is C=CCOc1ccccc1/C=C1\SC(=S)N(CCS(=O)(=O)O)C1=O. The second-order valence-electron chi connectivity index (χ2n) is 4.76. The molecule has 1 N–H and O–H groups in total. The van der Waals surface area contributed by atoms with E-state index >= 15 is 0 Å². The summed E-state index contributed by atoms with van der Waals surface area (Å²) in [4.78, 5) is 13.9. The number of ether oxygens (including phenoxy) is 1. The number of para-hydroxylation sites is 1. The standard InChI is InChI=1S/C15H15NO5S3/c1-2-8-21-12-6-4-3-5-11(12)10-13-14(17)16(15(22)23-13)7-9-24(18,19)20/h2-6,10H,1,7-9H2,(H,18,19,20)/b13-10-. The van der Waals surface area contributed by atoms with Gasteiger partial charge in [-0.2, -0.15) is 8.42 Å². The van der Waals surface area contributed by atoms with Crippen LogP contribution >= 0.6 is 24.0 Å². The molecule has 1 amide bonds.